The number of hydrogen-bond acceptors (Lipinski definition) is 3. The molecular formula is C23H29N3O2. The molecule has 28 heavy (non-hydrogen) atoms. The van der Waals surface area contributed by atoms with Crippen LogP contribution in [0, 0.1) is 25.7 Å². The Morgan fingerprint density at radius 3 is 2.46 bits per heavy atom. The summed E-state index contributed by atoms with van der Waals surface area (Å²) in [4.78, 5) is 14.7. The van der Waals surface area contributed by atoms with Crippen LogP contribution in [0.3, 0.4) is 0 Å². The van der Waals surface area contributed by atoms with Crippen molar-refractivity contribution in [3.05, 3.63) is 58.9 Å². The van der Waals surface area contributed by atoms with Crippen molar-refractivity contribution in [3.63, 3.8) is 0 Å². The van der Waals surface area contributed by atoms with Crippen LogP contribution in [0.5, 0.6) is 0 Å². The Kier molecular flexibility index (Phi) is 5.36. The summed E-state index contributed by atoms with van der Waals surface area (Å²) in [5.74, 6) is 1.25. The van der Waals surface area contributed by atoms with E-state index in [4.69, 9.17) is 4.74 Å². The van der Waals surface area contributed by atoms with E-state index in [1.165, 1.54) is 5.56 Å². The van der Waals surface area contributed by atoms with E-state index in [2.05, 4.69) is 17.2 Å². The van der Waals surface area contributed by atoms with E-state index in [9.17, 15) is 4.79 Å². The second kappa shape index (κ2) is 7.92. The number of nitrogens with zero attached hydrogens (tertiary/aromatic N) is 3. The van der Waals surface area contributed by atoms with Crippen LogP contribution >= 0.6 is 0 Å². The number of fused-ring (bicyclic) bond motifs is 1. The van der Waals surface area contributed by atoms with Crippen LogP contribution in [-0.2, 0) is 23.2 Å². The fourth-order valence-electron chi connectivity index (χ4n) is 4.64. The number of benzene rings is 1. The van der Waals surface area contributed by atoms with Gasteiger partial charge in [0.1, 0.15) is 0 Å². The normalized spacial score (nSPS) is 24.2. The first-order chi connectivity index (χ1) is 13.5. The first-order valence-electron chi connectivity index (χ1n) is 10.1. The lowest BCUT2D eigenvalue weighted by molar-refractivity contribution is -0.125. The molecule has 1 aliphatic heterocycles. The summed E-state index contributed by atoms with van der Waals surface area (Å²) in [5.41, 5.74) is 4.31. The molecule has 1 aromatic carbocycles. The molecule has 1 amide bonds. The number of likely N-dealkylation sites (tertiary alicyclic amines) is 1. The van der Waals surface area contributed by atoms with Gasteiger partial charge in [-0.1, -0.05) is 30.3 Å². The smallest absolute Gasteiger partial charge is 0.246 e. The largest absolute Gasteiger partial charge is 0.374 e. The van der Waals surface area contributed by atoms with Crippen LogP contribution < -0.4 is 0 Å². The minimum atomic E-state index is 0.110. The fourth-order valence-corrected chi connectivity index (χ4v) is 4.64. The number of aromatic nitrogens is 2. The molecule has 2 aliphatic rings. The van der Waals surface area contributed by atoms with Crippen molar-refractivity contribution in [3.8, 4) is 0 Å². The SMILES string of the molecule is Cc1nn(C)c(C)c1/C=C/C(=O)N1C[C@H]2CC(OCc3ccccc3)C[C@H]2C1. The Labute approximate surface area is 167 Å². The summed E-state index contributed by atoms with van der Waals surface area (Å²) in [6.07, 6.45) is 6.07. The highest BCUT2D eigenvalue weighted by atomic mass is 16.5. The molecule has 1 unspecified atom stereocenters. The van der Waals surface area contributed by atoms with E-state index in [1.807, 2.05) is 54.8 Å². The average Bonchev–Trinajstić information content (AvgIpc) is 3.32. The minimum absolute atomic E-state index is 0.110. The Balaban J connectivity index is 1.28. The summed E-state index contributed by atoms with van der Waals surface area (Å²) >= 11 is 0. The molecule has 0 spiro atoms. The van der Waals surface area contributed by atoms with Crippen LogP contribution in [0.4, 0.5) is 0 Å². The summed E-state index contributed by atoms with van der Waals surface area (Å²) in [6, 6.07) is 10.3. The van der Waals surface area contributed by atoms with Gasteiger partial charge in [-0.25, -0.2) is 0 Å². The van der Waals surface area contributed by atoms with Gasteiger partial charge in [0, 0.05) is 37.5 Å². The van der Waals surface area contributed by atoms with Crippen molar-refractivity contribution in [2.75, 3.05) is 13.1 Å². The quantitative estimate of drug-likeness (QED) is 0.747. The zero-order valence-electron chi connectivity index (χ0n) is 17.0. The predicted octanol–water partition coefficient (Wildman–Crippen LogP) is 3.50. The second-order valence-electron chi connectivity index (χ2n) is 8.19. The van der Waals surface area contributed by atoms with Crippen LogP contribution in [0.1, 0.15) is 35.4 Å². The van der Waals surface area contributed by atoms with Crippen molar-refractivity contribution in [2.24, 2.45) is 18.9 Å². The molecule has 1 aliphatic carbocycles. The number of rotatable bonds is 5. The number of ether oxygens (including phenoxy) is 1. The van der Waals surface area contributed by atoms with Crippen LogP contribution in [-0.4, -0.2) is 39.8 Å². The number of aryl methyl sites for hydroxylation is 2. The zero-order valence-corrected chi connectivity index (χ0v) is 17.0. The lowest BCUT2D eigenvalue weighted by atomic mass is 10.0. The Bertz CT molecular complexity index is 857. The lowest BCUT2D eigenvalue weighted by Crippen LogP contribution is -2.29. The van der Waals surface area contributed by atoms with Gasteiger partial charge in [-0.05, 0) is 50.2 Å². The van der Waals surface area contributed by atoms with E-state index in [0.717, 1.165) is 42.9 Å². The van der Waals surface area contributed by atoms with Crippen molar-refractivity contribution < 1.29 is 9.53 Å². The molecule has 1 saturated carbocycles. The number of carbonyl (C=O) groups is 1. The first kappa shape index (κ1) is 18.9. The molecule has 2 heterocycles. The van der Waals surface area contributed by atoms with Crippen LogP contribution in [0.15, 0.2) is 36.4 Å². The molecule has 3 atom stereocenters. The molecule has 1 aromatic heterocycles. The maximum atomic E-state index is 12.7. The minimum Gasteiger partial charge on any atom is -0.374 e. The van der Waals surface area contributed by atoms with Crippen molar-refractivity contribution >= 4 is 12.0 Å². The molecule has 1 saturated heterocycles. The Hall–Kier alpha value is -2.40. The van der Waals surface area contributed by atoms with E-state index < -0.39 is 0 Å². The van der Waals surface area contributed by atoms with Crippen molar-refractivity contribution in [2.45, 2.75) is 39.4 Å². The monoisotopic (exact) mass is 379 g/mol. The van der Waals surface area contributed by atoms with Gasteiger partial charge in [-0.3, -0.25) is 9.48 Å². The number of carbonyl (C=O) groups excluding carboxylic acids is 1. The standard InChI is InChI=1S/C23H29N3O2/c1-16-22(17(2)25(3)24-16)9-10-23(27)26-13-19-11-21(12-20(19)14-26)28-15-18-7-5-4-6-8-18/h4-10,19-21H,11-15H2,1-3H3/b10-9+/t19-,20+,21?. The van der Waals surface area contributed by atoms with E-state index >= 15 is 0 Å². The van der Waals surface area contributed by atoms with Crippen LogP contribution in [0.2, 0.25) is 0 Å². The topological polar surface area (TPSA) is 47.4 Å². The van der Waals surface area contributed by atoms with Crippen molar-refractivity contribution in [1.82, 2.24) is 14.7 Å². The summed E-state index contributed by atoms with van der Waals surface area (Å²) in [7, 11) is 1.93. The molecule has 2 aromatic rings. The lowest BCUT2D eigenvalue weighted by Gasteiger charge is -2.18. The van der Waals surface area contributed by atoms with E-state index in [1.54, 1.807) is 6.08 Å². The summed E-state index contributed by atoms with van der Waals surface area (Å²) in [6.45, 7) is 6.39. The third-order valence-corrected chi connectivity index (χ3v) is 6.31. The molecule has 0 bridgehead atoms. The average molecular weight is 380 g/mol. The second-order valence-corrected chi connectivity index (χ2v) is 8.19. The number of hydrogen-bond donors (Lipinski definition) is 0. The van der Waals surface area contributed by atoms with Gasteiger partial charge in [-0.15, -0.1) is 0 Å². The molecular weight excluding hydrogens is 350 g/mol. The molecule has 5 heteroatoms. The van der Waals surface area contributed by atoms with Gasteiger partial charge >= 0.3 is 0 Å². The van der Waals surface area contributed by atoms with Gasteiger partial charge in [-0.2, -0.15) is 5.10 Å². The highest BCUT2D eigenvalue weighted by Gasteiger charge is 2.42. The maximum Gasteiger partial charge on any atom is 0.246 e. The molecule has 5 nitrogen and oxygen atoms in total. The van der Waals surface area contributed by atoms with Gasteiger partial charge in [0.15, 0.2) is 0 Å². The molecule has 2 fully saturated rings. The van der Waals surface area contributed by atoms with E-state index in [0.29, 0.717) is 24.5 Å². The Morgan fingerprint density at radius 2 is 1.86 bits per heavy atom. The summed E-state index contributed by atoms with van der Waals surface area (Å²) < 4.78 is 7.98. The van der Waals surface area contributed by atoms with Gasteiger partial charge in [0.25, 0.3) is 0 Å². The molecule has 148 valence electrons. The first-order valence-corrected chi connectivity index (χ1v) is 10.1. The predicted molar refractivity (Wildman–Crippen MR) is 110 cm³/mol. The summed E-state index contributed by atoms with van der Waals surface area (Å²) in [5, 5.41) is 4.41. The van der Waals surface area contributed by atoms with Crippen LogP contribution in [0.25, 0.3) is 6.08 Å². The highest BCUT2D eigenvalue weighted by molar-refractivity contribution is 5.92. The van der Waals surface area contributed by atoms with Gasteiger partial charge in [0.2, 0.25) is 5.91 Å². The maximum absolute atomic E-state index is 12.7. The third-order valence-electron chi connectivity index (χ3n) is 6.31. The van der Waals surface area contributed by atoms with Gasteiger partial charge < -0.3 is 9.64 Å². The highest BCUT2D eigenvalue weighted by Crippen LogP contribution is 2.39. The zero-order chi connectivity index (χ0) is 19.7. The Morgan fingerprint density at radius 1 is 1.18 bits per heavy atom. The molecule has 4 rings (SSSR count). The molecule has 0 radical (unpaired) electrons. The number of amides is 1. The third kappa shape index (κ3) is 3.90. The van der Waals surface area contributed by atoms with Gasteiger partial charge in [0.05, 0.1) is 18.4 Å². The molecule has 0 N–H and O–H groups in total. The fraction of sp³-hybridized carbons (Fsp3) is 0.478. The van der Waals surface area contributed by atoms with Crippen molar-refractivity contribution in [1.29, 1.82) is 0 Å². The van der Waals surface area contributed by atoms with E-state index in [-0.39, 0.29) is 5.91 Å².